The number of aromatic hydroxyl groups is 1. The molecule has 0 unspecified atom stereocenters. The number of phenols is 1. The topological polar surface area (TPSA) is 46.5 Å². The van der Waals surface area contributed by atoms with Crippen LogP contribution >= 0.6 is 11.3 Å². The fourth-order valence-corrected chi connectivity index (χ4v) is 4.04. The zero-order chi connectivity index (χ0) is 18.0. The number of ketones is 1. The first kappa shape index (κ1) is 17.5. The Kier molecular flexibility index (Phi) is 5.09. The summed E-state index contributed by atoms with van der Waals surface area (Å²) in [6.45, 7) is 6.39. The highest BCUT2D eigenvalue weighted by Crippen LogP contribution is 2.33. The lowest BCUT2D eigenvalue weighted by Gasteiger charge is -2.11. The third-order valence-corrected chi connectivity index (χ3v) is 5.40. The Morgan fingerprint density at radius 2 is 1.92 bits per heavy atom. The zero-order valence-electron chi connectivity index (χ0n) is 14.8. The number of carbonyl (C=O) groups is 1. The Morgan fingerprint density at radius 1 is 1.12 bits per heavy atom. The van der Waals surface area contributed by atoms with Crippen molar-refractivity contribution >= 4 is 27.2 Å². The number of rotatable bonds is 6. The molecule has 0 fully saturated rings. The highest BCUT2D eigenvalue weighted by Gasteiger charge is 2.12. The lowest BCUT2D eigenvalue weighted by molar-refractivity contribution is -0.118. The molecule has 0 bridgehead atoms. The van der Waals surface area contributed by atoms with Gasteiger partial charge in [0.15, 0.2) is 0 Å². The van der Waals surface area contributed by atoms with Crippen LogP contribution in [0.25, 0.3) is 10.1 Å². The molecule has 3 aromatic rings. The molecule has 25 heavy (non-hydrogen) atoms. The van der Waals surface area contributed by atoms with Crippen molar-refractivity contribution in [1.29, 1.82) is 0 Å². The number of phenolic OH excluding ortho intramolecular Hbond substituents is 1. The van der Waals surface area contributed by atoms with Gasteiger partial charge in [0.1, 0.15) is 23.9 Å². The van der Waals surface area contributed by atoms with Crippen LogP contribution in [0.1, 0.15) is 35.6 Å². The van der Waals surface area contributed by atoms with Gasteiger partial charge >= 0.3 is 0 Å². The molecule has 0 aliphatic carbocycles. The van der Waals surface area contributed by atoms with E-state index in [9.17, 15) is 9.90 Å². The SMILES string of the molecule is CCC(=O)Cc1csc2cc(OCc3ccc(O)cc3C)cc(C)c12. The summed E-state index contributed by atoms with van der Waals surface area (Å²) in [4.78, 5) is 11.8. The molecule has 3 rings (SSSR count). The van der Waals surface area contributed by atoms with Crippen LogP contribution < -0.4 is 4.74 Å². The minimum atomic E-state index is 0.266. The predicted octanol–water partition coefficient (Wildman–Crippen LogP) is 5.32. The maximum absolute atomic E-state index is 11.8. The van der Waals surface area contributed by atoms with Gasteiger partial charge in [-0.05, 0) is 71.1 Å². The first-order chi connectivity index (χ1) is 12.0. The van der Waals surface area contributed by atoms with Gasteiger partial charge in [0.05, 0.1) is 0 Å². The molecule has 0 saturated heterocycles. The van der Waals surface area contributed by atoms with Crippen LogP contribution in [0.5, 0.6) is 11.5 Å². The molecule has 0 aliphatic heterocycles. The van der Waals surface area contributed by atoms with Crippen molar-refractivity contribution < 1.29 is 14.6 Å². The van der Waals surface area contributed by atoms with Crippen LogP contribution in [0.2, 0.25) is 0 Å². The third-order valence-electron chi connectivity index (χ3n) is 4.42. The highest BCUT2D eigenvalue weighted by molar-refractivity contribution is 7.17. The van der Waals surface area contributed by atoms with E-state index >= 15 is 0 Å². The van der Waals surface area contributed by atoms with Crippen LogP contribution in [-0.2, 0) is 17.8 Å². The van der Waals surface area contributed by atoms with Crippen molar-refractivity contribution in [3.05, 3.63) is 58.0 Å². The first-order valence-corrected chi connectivity index (χ1v) is 9.29. The molecule has 4 heteroatoms. The van der Waals surface area contributed by atoms with E-state index in [0.717, 1.165) is 32.7 Å². The molecule has 2 aromatic carbocycles. The Bertz CT molecular complexity index is 924. The van der Waals surface area contributed by atoms with E-state index in [1.54, 1.807) is 23.5 Å². The number of fused-ring (bicyclic) bond motifs is 1. The quantitative estimate of drug-likeness (QED) is 0.651. The summed E-state index contributed by atoms with van der Waals surface area (Å²) in [7, 11) is 0. The van der Waals surface area contributed by atoms with Crippen LogP contribution in [-0.4, -0.2) is 10.9 Å². The smallest absolute Gasteiger partial charge is 0.137 e. The lowest BCUT2D eigenvalue weighted by Crippen LogP contribution is -2.00. The molecule has 0 atom stereocenters. The molecule has 130 valence electrons. The largest absolute Gasteiger partial charge is 0.508 e. The second kappa shape index (κ2) is 7.28. The van der Waals surface area contributed by atoms with Crippen LogP contribution in [0.3, 0.4) is 0 Å². The Morgan fingerprint density at radius 3 is 2.64 bits per heavy atom. The molecule has 0 radical (unpaired) electrons. The minimum Gasteiger partial charge on any atom is -0.508 e. The summed E-state index contributed by atoms with van der Waals surface area (Å²) in [5.74, 6) is 1.36. The number of hydrogen-bond donors (Lipinski definition) is 1. The highest BCUT2D eigenvalue weighted by atomic mass is 32.1. The van der Waals surface area contributed by atoms with E-state index in [-0.39, 0.29) is 11.5 Å². The van der Waals surface area contributed by atoms with Gasteiger partial charge in [-0.2, -0.15) is 0 Å². The van der Waals surface area contributed by atoms with Crippen molar-refractivity contribution in [1.82, 2.24) is 0 Å². The average Bonchev–Trinajstić information content (AvgIpc) is 2.97. The number of benzene rings is 2. The standard InChI is InChI=1S/C21H22O3S/c1-4-17(22)9-16-12-25-20-10-19(8-14(3)21(16)20)24-11-15-5-6-18(23)7-13(15)2/h5-8,10,12,23H,4,9,11H2,1-3H3. The number of hydrogen-bond acceptors (Lipinski definition) is 4. The summed E-state index contributed by atoms with van der Waals surface area (Å²) in [5, 5.41) is 12.8. The average molecular weight is 354 g/mol. The van der Waals surface area contributed by atoms with Gasteiger partial charge in [0, 0.05) is 17.5 Å². The second-order valence-electron chi connectivity index (χ2n) is 6.34. The van der Waals surface area contributed by atoms with E-state index in [1.807, 2.05) is 32.0 Å². The summed E-state index contributed by atoms with van der Waals surface area (Å²) >= 11 is 1.66. The van der Waals surface area contributed by atoms with Crippen molar-refractivity contribution in [2.24, 2.45) is 0 Å². The fourth-order valence-electron chi connectivity index (χ4n) is 2.97. The molecule has 1 aromatic heterocycles. The van der Waals surface area contributed by atoms with E-state index in [4.69, 9.17) is 4.74 Å². The van der Waals surface area contributed by atoms with Crippen molar-refractivity contribution in [3.8, 4) is 11.5 Å². The van der Waals surface area contributed by atoms with Gasteiger partial charge in [-0.25, -0.2) is 0 Å². The van der Waals surface area contributed by atoms with E-state index < -0.39 is 0 Å². The van der Waals surface area contributed by atoms with Gasteiger partial charge < -0.3 is 9.84 Å². The molecule has 0 aliphatic rings. The molecular formula is C21H22O3S. The fraction of sp³-hybridized carbons (Fsp3) is 0.286. The van der Waals surface area contributed by atoms with E-state index in [0.29, 0.717) is 19.4 Å². The van der Waals surface area contributed by atoms with Crippen LogP contribution in [0.15, 0.2) is 35.7 Å². The molecule has 0 amide bonds. The molecule has 1 heterocycles. The molecule has 3 nitrogen and oxygen atoms in total. The maximum atomic E-state index is 11.8. The maximum Gasteiger partial charge on any atom is 0.137 e. The molecule has 0 spiro atoms. The molecular weight excluding hydrogens is 332 g/mol. The predicted molar refractivity (Wildman–Crippen MR) is 103 cm³/mol. The van der Waals surface area contributed by atoms with E-state index in [1.165, 1.54) is 5.39 Å². The van der Waals surface area contributed by atoms with Crippen molar-refractivity contribution in [2.75, 3.05) is 0 Å². The Hall–Kier alpha value is -2.33. The normalized spacial score (nSPS) is 11.0. The number of thiophene rings is 1. The number of ether oxygens (including phenoxy) is 1. The summed E-state index contributed by atoms with van der Waals surface area (Å²) < 4.78 is 7.12. The zero-order valence-corrected chi connectivity index (χ0v) is 15.6. The Balaban J connectivity index is 1.82. The van der Waals surface area contributed by atoms with Gasteiger partial charge in [0.25, 0.3) is 0 Å². The van der Waals surface area contributed by atoms with Gasteiger partial charge in [-0.15, -0.1) is 11.3 Å². The van der Waals surface area contributed by atoms with Gasteiger partial charge in [0.2, 0.25) is 0 Å². The van der Waals surface area contributed by atoms with Crippen molar-refractivity contribution in [3.63, 3.8) is 0 Å². The Labute approximate surface area is 151 Å². The monoisotopic (exact) mass is 354 g/mol. The third kappa shape index (κ3) is 3.85. The summed E-state index contributed by atoms with van der Waals surface area (Å²) in [5.41, 5.74) is 4.31. The summed E-state index contributed by atoms with van der Waals surface area (Å²) in [6.07, 6.45) is 1.08. The molecule has 0 saturated carbocycles. The van der Waals surface area contributed by atoms with Gasteiger partial charge in [-0.1, -0.05) is 13.0 Å². The first-order valence-electron chi connectivity index (χ1n) is 8.41. The number of Topliss-reactive ketones (excluding diaryl/α,β-unsaturated/α-hetero) is 1. The number of carbonyl (C=O) groups excluding carboxylic acids is 1. The number of aryl methyl sites for hydroxylation is 2. The summed E-state index contributed by atoms with van der Waals surface area (Å²) in [6, 6.07) is 9.38. The second-order valence-corrected chi connectivity index (χ2v) is 7.25. The van der Waals surface area contributed by atoms with E-state index in [2.05, 4.69) is 12.3 Å². The minimum absolute atomic E-state index is 0.266. The van der Waals surface area contributed by atoms with Crippen LogP contribution in [0.4, 0.5) is 0 Å². The van der Waals surface area contributed by atoms with Crippen molar-refractivity contribution in [2.45, 2.75) is 40.2 Å². The van der Waals surface area contributed by atoms with Gasteiger partial charge in [-0.3, -0.25) is 4.79 Å². The van der Waals surface area contributed by atoms with Crippen LogP contribution in [0, 0.1) is 13.8 Å². The lowest BCUT2D eigenvalue weighted by atomic mass is 10.0. The molecule has 1 N–H and O–H groups in total.